The number of nitriles is 1. The highest BCUT2D eigenvalue weighted by Gasteiger charge is 2.34. The third-order valence-electron chi connectivity index (χ3n) is 5.23. The molecule has 2 aromatic heterocycles. The van der Waals surface area contributed by atoms with Crippen molar-refractivity contribution in [2.45, 2.75) is 31.7 Å². The number of alkyl halides is 3. The number of benzene rings is 1. The molecule has 9 heteroatoms. The van der Waals surface area contributed by atoms with Crippen molar-refractivity contribution in [3.8, 4) is 6.07 Å². The number of fused-ring (bicyclic) bond motifs is 1. The Morgan fingerprint density at radius 3 is 2.80 bits per heavy atom. The van der Waals surface area contributed by atoms with Crippen molar-refractivity contribution in [3.63, 3.8) is 0 Å². The van der Waals surface area contributed by atoms with E-state index >= 15 is 0 Å². The van der Waals surface area contributed by atoms with Gasteiger partial charge in [-0.2, -0.15) is 18.4 Å². The van der Waals surface area contributed by atoms with Crippen LogP contribution in [0.3, 0.4) is 0 Å². The van der Waals surface area contributed by atoms with Crippen molar-refractivity contribution >= 4 is 5.69 Å². The van der Waals surface area contributed by atoms with Crippen LogP contribution in [0.15, 0.2) is 47.3 Å². The van der Waals surface area contributed by atoms with E-state index in [2.05, 4.69) is 21.3 Å². The van der Waals surface area contributed by atoms with Crippen LogP contribution >= 0.6 is 0 Å². The van der Waals surface area contributed by atoms with E-state index in [9.17, 15) is 18.4 Å². The Kier molecular flexibility index (Phi) is 5.26. The van der Waals surface area contributed by atoms with Crippen molar-refractivity contribution in [3.05, 3.63) is 71.2 Å². The summed E-state index contributed by atoms with van der Waals surface area (Å²) in [5.41, 5.74) is 3.68. The van der Waals surface area contributed by atoms with Gasteiger partial charge in [0.15, 0.2) is 0 Å². The standard InChI is InChI=1S/C21H20F3N5O/c1-28-13-26-9-17(28)12-29-11-16(7-15-6-14(8-25)2-4-19(15)29)27-10-18-3-5-20(30-18)21(22,23)24/h2-6,9,13,16,27H,7,10-12H2,1H3. The fourth-order valence-corrected chi connectivity index (χ4v) is 3.71. The van der Waals surface area contributed by atoms with Crippen LogP contribution < -0.4 is 10.2 Å². The molecule has 1 unspecified atom stereocenters. The van der Waals surface area contributed by atoms with Crippen molar-refractivity contribution in [1.29, 1.82) is 5.26 Å². The SMILES string of the molecule is Cn1cncc1CN1CC(NCc2ccc(C(F)(F)F)o2)Cc2cc(C#N)ccc21. The molecule has 156 valence electrons. The molecule has 3 aromatic rings. The Morgan fingerprint density at radius 1 is 1.30 bits per heavy atom. The maximum absolute atomic E-state index is 12.7. The van der Waals surface area contributed by atoms with Crippen LogP contribution in [0.25, 0.3) is 0 Å². The lowest BCUT2D eigenvalue weighted by atomic mass is 9.96. The van der Waals surface area contributed by atoms with E-state index in [0.29, 0.717) is 25.1 Å². The predicted octanol–water partition coefficient (Wildman–Crippen LogP) is 3.62. The van der Waals surface area contributed by atoms with Crippen molar-refractivity contribution in [1.82, 2.24) is 14.9 Å². The second-order valence-corrected chi connectivity index (χ2v) is 7.38. The van der Waals surface area contributed by atoms with Gasteiger partial charge in [-0.15, -0.1) is 0 Å². The van der Waals surface area contributed by atoms with Crippen molar-refractivity contribution in [2.24, 2.45) is 7.05 Å². The first-order chi connectivity index (χ1) is 14.3. The Balaban J connectivity index is 1.52. The van der Waals surface area contributed by atoms with Gasteiger partial charge in [-0.1, -0.05) is 0 Å². The second kappa shape index (κ2) is 7.88. The van der Waals surface area contributed by atoms with E-state index in [4.69, 9.17) is 4.42 Å². The fraction of sp³-hybridized carbons (Fsp3) is 0.333. The van der Waals surface area contributed by atoms with Crippen LogP contribution in [0.4, 0.5) is 18.9 Å². The number of halogens is 3. The maximum Gasteiger partial charge on any atom is 0.449 e. The molecule has 1 N–H and O–H groups in total. The molecule has 0 saturated heterocycles. The summed E-state index contributed by atoms with van der Waals surface area (Å²) in [7, 11) is 1.93. The highest BCUT2D eigenvalue weighted by molar-refractivity contribution is 5.59. The van der Waals surface area contributed by atoms with Gasteiger partial charge in [0.1, 0.15) is 5.76 Å². The Bertz CT molecular complexity index is 1080. The first kappa shape index (κ1) is 20.0. The molecule has 6 nitrogen and oxygen atoms in total. The zero-order chi connectivity index (χ0) is 21.3. The first-order valence-electron chi connectivity index (χ1n) is 9.46. The summed E-state index contributed by atoms with van der Waals surface area (Å²) in [5, 5.41) is 12.5. The highest BCUT2D eigenvalue weighted by Crippen LogP contribution is 2.31. The predicted molar refractivity (Wildman–Crippen MR) is 103 cm³/mol. The van der Waals surface area contributed by atoms with E-state index < -0.39 is 11.9 Å². The van der Waals surface area contributed by atoms with Gasteiger partial charge in [-0.3, -0.25) is 0 Å². The molecular weight excluding hydrogens is 395 g/mol. The Hall–Kier alpha value is -3.25. The zero-order valence-electron chi connectivity index (χ0n) is 16.3. The number of imidazole rings is 1. The van der Waals surface area contributed by atoms with Crippen molar-refractivity contribution in [2.75, 3.05) is 11.4 Å². The van der Waals surface area contributed by atoms with Crippen LogP contribution in [-0.2, 0) is 32.7 Å². The largest absolute Gasteiger partial charge is 0.455 e. The number of nitrogens with one attached hydrogen (secondary N) is 1. The average Bonchev–Trinajstić information content (AvgIpc) is 3.35. The van der Waals surface area contributed by atoms with Gasteiger partial charge in [-0.05, 0) is 42.3 Å². The zero-order valence-corrected chi connectivity index (χ0v) is 16.3. The molecule has 0 amide bonds. The molecule has 0 radical (unpaired) electrons. The minimum absolute atomic E-state index is 0.0147. The molecule has 0 spiro atoms. The molecule has 30 heavy (non-hydrogen) atoms. The molecular formula is C21H20F3N5O. The highest BCUT2D eigenvalue weighted by atomic mass is 19.4. The maximum atomic E-state index is 12.7. The van der Waals surface area contributed by atoms with E-state index in [1.165, 1.54) is 6.07 Å². The molecule has 4 rings (SSSR count). The minimum atomic E-state index is -4.49. The van der Waals surface area contributed by atoms with E-state index in [0.717, 1.165) is 23.0 Å². The van der Waals surface area contributed by atoms with Gasteiger partial charge >= 0.3 is 6.18 Å². The van der Waals surface area contributed by atoms with Gasteiger partial charge in [0.05, 0.1) is 36.7 Å². The van der Waals surface area contributed by atoms with Gasteiger partial charge in [-0.25, -0.2) is 4.98 Å². The number of aryl methyl sites for hydroxylation is 1. The molecule has 0 saturated carbocycles. The number of nitrogens with zero attached hydrogens (tertiary/aromatic N) is 4. The lowest BCUT2D eigenvalue weighted by molar-refractivity contribution is -0.153. The molecule has 1 aromatic carbocycles. The van der Waals surface area contributed by atoms with Crippen LogP contribution in [0.5, 0.6) is 0 Å². The summed E-state index contributed by atoms with van der Waals surface area (Å²) in [6.45, 7) is 1.48. The van der Waals surface area contributed by atoms with E-state index in [1.807, 2.05) is 29.9 Å². The number of rotatable bonds is 5. The summed E-state index contributed by atoms with van der Waals surface area (Å²) in [4.78, 5) is 6.35. The normalized spacial score (nSPS) is 16.4. The number of furan rings is 1. The Labute approximate surface area is 171 Å². The Morgan fingerprint density at radius 2 is 2.13 bits per heavy atom. The van der Waals surface area contributed by atoms with Crippen molar-refractivity contribution < 1.29 is 17.6 Å². The molecule has 3 heterocycles. The molecule has 0 fully saturated rings. The van der Waals surface area contributed by atoms with Crippen LogP contribution in [-0.4, -0.2) is 22.1 Å². The summed E-state index contributed by atoms with van der Waals surface area (Å²) >= 11 is 0. The van der Waals surface area contributed by atoms with E-state index in [1.54, 1.807) is 12.4 Å². The molecule has 1 aliphatic rings. The smallest absolute Gasteiger partial charge is 0.449 e. The molecule has 0 aliphatic carbocycles. The average molecular weight is 415 g/mol. The third kappa shape index (κ3) is 4.19. The lowest BCUT2D eigenvalue weighted by Gasteiger charge is -2.36. The number of aromatic nitrogens is 2. The van der Waals surface area contributed by atoms with Gasteiger partial charge in [0.2, 0.25) is 5.76 Å². The summed E-state index contributed by atoms with van der Waals surface area (Å²) in [5.74, 6) is -0.762. The quantitative estimate of drug-likeness (QED) is 0.689. The minimum Gasteiger partial charge on any atom is -0.455 e. The van der Waals surface area contributed by atoms with Gasteiger partial charge in [0.25, 0.3) is 0 Å². The summed E-state index contributed by atoms with van der Waals surface area (Å²) in [6, 6.07) is 10.0. The first-order valence-corrected chi connectivity index (χ1v) is 9.46. The number of hydrogen-bond donors (Lipinski definition) is 1. The number of anilines is 1. The monoisotopic (exact) mass is 415 g/mol. The van der Waals surface area contributed by atoms with E-state index in [-0.39, 0.29) is 18.3 Å². The molecule has 1 atom stereocenters. The van der Waals surface area contributed by atoms with Crippen LogP contribution in [0.2, 0.25) is 0 Å². The second-order valence-electron chi connectivity index (χ2n) is 7.38. The summed E-state index contributed by atoms with van der Waals surface area (Å²) in [6.07, 6.45) is -0.277. The number of hydrogen-bond acceptors (Lipinski definition) is 5. The van der Waals surface area contributed by atoms with Gasteiger partial charge < -0.3 is 19.2 Å². The molecule has 0 bridgehead atoms. The lowest BCUT2D eigenvalue weighted by Crippen LogP contribution is -2.45. The fourth-order valence-electron chi connectivity index (χ4n) is 3.71. The van der Waals surface area contributed by atoms with Crippen LogP contribution in [0.1, 0.15) is 28.3 Å². The van der Waals surface area contributed by atoms with Crippen LogP contribution in [0, 0.1) is 11.3 Å². The topological polar surface area (TPSA) is 70.0 Å². The third-order valence-corrected chi connectivity index (χ3v) is 5.23. The molecule has 1 aliphatic heterocycles. The van der Waals surface area contributed by atoms with Gasteiger partial charge in [0, 0.05) is 31.5 Å². The summed E-state index contributed by atoms with van der Waals surface area (Å²) < 4.78 is 45.1.